The number of rotatable bonds is 4. The fourth-order valence-corrected chi connectivity index (χ4v) is 3.44. The summed E-state index contributed by atoms with van der Waals surface area (Å²) in [5.74, 6) is 0.660. The van der Waals surface area contributed by atoms with Gasteiger partial charge >= 0.3 is 0 Å². The third-order valence-electron chi connectivity index (χ3n) is 4.90. The van der Waals surface area contributed by atoms with E-state index in [0.717, 1.165) is 23.0 Å². The maximum atomic E-state index is 14.0. The van der Waals surface area contributed by atoms with Crippen LogP contribution in [0.25, 0.3) is 45.1 Å². The van der Waals surface area contributed by atoms with Gasteiger partial charge in [-0.3, -0.25) is 4.79 Å². The number of nitrogens with zero attached hydrogens (tertiary/aromatic N) is 4. The van der Waals surface area contributed by atoms with Crippen LogP contribution >= 0.6 is 0 Å². The molecule has 0 saturated carbocycles. The lowest BCUT2D eigenvalue weighted by atomic mass is 9.97. The molecule has 7 heteroatoms. The van der Waals surface area contributed by atoms with Gasteiger partial charge in [-0.25, -0.2) is 9.37 Å². The van der Waals surface area contributed by atoms with Crippen molar-refractivity contribution in [3.05, 3.63) is 78.4 Å². The summed E-state index contributed by atoms with van der Waals surface area (Å²) in [6.45, 7) is 0. The lowest BCUT2D eigenvalue weighted by Crippen LogP contribution is -1.95. The molecule has 0 saturated heterocycles. The Kier molecular flexibility index (Phi) is 4.21. The summed E-state index contributed by atoms with van der Waals surface area (Å²) < 4.78 is 21.6. The summed E-state index contributed by atoms with van der Waals surface area (Å²) in [6.07, 6.45) is 2.34. The quantitative estimate of drug-likeness (QED) is 0.402. The van der Waals surface area contributed by atoms with Crippen LogP contribution < -0.4 is 0 Å². The normalized spacial score (nSPS) is 11.1. The number of hydrogen-bond donors (Lipinski definition) is 0. The molecule has 0 spiro atoms. The Morgan fingerprint density at radius 2 is 1.87 bits per heavy atom. The molecule has 0 bridgehead atoms. The zero-order valence-electron chi connectivity index (χ0n) is 15.9. The Hall–Kier alpha value is -4.13. The van der Waals surface area contributed by atoms with Crippen LogP contribution in [0.3, 0.4) is 0 Å². The van der Waals surface area contributed by atoms with Crippen molar-refractivity contribution < 1.29 is 13.6 Å². The number of fused-ring (bicyclic) bond motifs is 1. The van der Waals surface area contributed by atoms with Crippen molar-refractivity contribution in [2.45, 2.75) is 0 Å². The van der Waals surface area contributed by atoms with E-state index >= 15 is 0 Å². The standard InChI is InChI=1S/C23H15FN4O2/c1-28-13-25-27-22(28)19-11-17(24)6-7-18(19)15-3-2-4-16(10-15)23-26-20-8-5-14(12-29)9-21(20)30-23/h2-13H,1H3. The highest BCUT2D eigenvalue weighted by Crippen LogP contribution is 2.34. The Labute approximate surface area is 170 Å². The van der Waals surface area contributed by atoms with Gasteiger partial charge in [0.15, 0.2) is 11.4 Å². The molecule has 3 aromatic carbocycles. The second kappa shape index (κ2) is 7.04. The van der Waals surface area contributed by atoms with Gasteiger partial charge in [-0.05, 0) is 53.6 Å². The van der Waals surface area contributed by atoms with E-state index in [0.29, 0.717) is 33.9 Å². The van der Waals surface area contributed by atoms with Gasteiger partial charge in [-0.1, -0.05) is 18.2 Å². The number of aldehydes is 1. The third kappa shape index (κ3) is 3.06. The molecule has 30 heavy (non-hydrogen) atoms. The van der Waals surface area contributed by atoms with E-state index in [1.54, 1.807) is 35.2 Å². The molecule has 0 atom stereocenters. The van der Waals surface area contributed by atoms with Gasteiger partial charge in [0.05, 0.1) is 0 Å². The van der Waals surface area contributed by atoms with Crippen molar-refractivity contribution in [2.24, 2.45) is 7.05 Å². The molecule has 0 aliphatic rings. The Bertz CT molecular complexity index is 1400. The number of carbonyl (C=O) groups is 1. The first-order chi connectivity index (χ1) is 14.6. The second-order valence-electron chi connectivity index (χ2n) is 6.90. The minimum absolute atomic E-state index is 0.349. The first-order valence-corrected chi connectivity index (χ1v) is 9.23. The van der Waals surface area contributed by atoms with Gasteiger partial charge in [0.1, 0.15) is 23.9 Å². The van der Waals surface area contributed by atoms with Gasteiger partial charge in [0.25, 0.3) is 0 Å². The Morgan fingerprint density at radius 1 is 1.00 bits per heavy atom. The SMILES string of the molecule is Cn1cnnc1-c1cc(F)ccc1-c1cccc(-c2nc3ccc(C=O)cc3o2)c1. The van der Waals surface area contributed by atoms with Crippen LogP contribution in [0.5, 0.6) is 0 Å². The minimum Gasteiger partial charge on any atom is -0.436 e. The smallest absolute Gasteiger partial charge is 0.227 e. The Morgan fingerprint density at radius 3 is 2.67 bits per heavy atom. The molecule has 6 nitrogen and oxygen atoms in total. The average molecular weight is 398 g/mol. The summed E-state index contributed by atoms with van der Waals surface area (Å²) in [5.41, 5.74) is 4.82. The first kappa shape index (κ1) is 17.9. The average Bonchev–Trinajstić information content (AvgIpc) is 3.39. The van der Waals surface area contributed by atoms with E-state index in [1.165, 1.54) is 12.1 Å². The lowest BCUT2D eigenvalue weighted by molar-refractivity contribution is 0.112. The molecule has 0 aliphatic heterocycles. The van der Waals surface area contributed by atoms with Crippen LogP contribution in [0, 0.1) is 5.82 Å². The fraction of sp³-hybridized carbons (Fsp3) is 0.0435. The van der Waals surface area contributed by atoms with Crippen LogP contribution in [0.2, 0.25) is 0 Å². The number of aryl methyl sites for hydroxylation is 1. The lowest BCUT2D eigenvalue weighted by Gasteiger charge is -2.10. The summed E-state index contributed by atoms with van der Waals surface area (Å²) in [7, 11) is 1.81. The molecule has 0 N–H and O–H groups in total. The van der Waals surface area contributed by atoms with Crippen molar-refractivity contribution in [1.29, 1.82) is 0 Å². The number of carbonyl (C=O) groups excluding carboxylic acids is 1. The molecule has 2 aromatic heterocycles. The highest BCUT2D eigenvalue weighted by Gasteiger charge is 2.15. The highest BCUT2D eigenvalue weighted by molar-refractivity contribution is 5.86. The van der Waals surface area contributed by atoms with Crippen LogP contribution in [0.1, 0.15) is 10.4 Å². The fourth-order valence-electron chi connectivity index (χ4n) is 3.44. The number of halogens is 1. The van der Waals surface area contributed by atoms with Crippen LogP contribution in [-0.2, 0) is 7.05 Å². The molecule has 0 unspecified atom stereocenters. The topological polar surface area (TPSA) is 73.8 Å². The summed E-state index contributed by atoms with van der Waals surface area (Å²) >= 11 is 0. The molecule has 2 heterocycles. The molecule has 0 aliphatic carbocycles. The number of aromatic nitrogens is 4. The monoisotopic (exact) mass is 398 g/mol. The first-order valence-electron chi connectivity index (χ1n) is 9.23. The summed E-state index contributed by atoms with van der Waals surface area (Å²) in [4.78, 5) is 15.5. The van der Waals surface area contributed by atoms with Gasteiger partial charge in [0, 0.05) is 23.7 Å². The van der Waals surface area contributed by atoms with Crippen molar-refractivity contribution in [1.82, 2.24) is 19.7 Å². The maximum absolute atomic E-state index is 14.0. The van der Waals surface area contributed by atoms with Gasteiger partial charge in [-0.15, -0.1) is 10.2 Å². The summed E-state index contributed by atoms with van der Waals surface area (Å²) in [6, 6.07) is 17.3. The van der Waals surface area contributed by atoms with Crippen molar-refractivity contribution >= 4 is 17.4 Å². The molecular formula is C23H15FN4O2. The number of hydrogen-bond acceptors (Lipinski definition) is 5. The summed E-state index contributed by atoms with van der Waals surface area (Å²) in [5, 5.41) is 8.03. The van der Waals surface area contributed by atoms with E-state index in [1.807, 2.05) is 31.3 Å². The van der Waals surface area contributed by atoms with Crippen LogP contribution in [-0.4, -0.2) is 26.0 Å². The molecule has 5 rings (SSSR count). The molecule has 0 fully saturated rings. The van der Waals surface area contributed by atoms with Crippen molar-refractivity contribution in [2.75, 3.05) is 0 Å². The molecular weight excluding hydrogens is 383 g/mol. The van der Waals surface area contributed by atoms with Crippen molar-refractivity contribution in [3.8, 4) is 34.0 Å². The predicted octanol–water partition coefficient (Wildman–Crippen LogP) is 4.91. The second-order valence-corrected chi connectivity index (χ2v) is 6.90. The van der Waals surface area contributed by atoms with E-state index < -0.39 is 0 Å². The molecule has 0 amide bonds. The maximum Gasteiger partial charge on any atom is 0.227 e. The number of oxazole rings is 1. The zero-order valence-corrected chi connectivity index (χ0v) is 15.9. The molecule has 0 radical (unpaired) electrons. The predicted molar refractivity (Wildman–Crippen MR) is 110 cm³/mol. The van der Waals surface area contributed by atoms with E-state index in [4.69, 9.17) is 4.42 Å². The Balaban J connectivity index is 1.63. The van der Waals surface area contributed by atoms with Crippen LogP contribution in [0.15, 0.2) is 71.4 Å². The highest BCUT2D eigenvalue weighted by atomic mass is 19.1. The molecule has 5 aromatic rings. The third-order valence-corrected chi connectivity index (χ3v) is 4.90. The van der Waals surface area contributed by atoms with Crippen LogP contribution in [0.4, 0.5) is 4.39 Å². The van der Waals surface area contributed by atoms with Gasteiger partial charge < -0.3 is 8.98 Å². The number of benzene rings is 3. The van der Waals surface area contributed by atoms with E-state index in [9.17, 15) is 9.18 Å². The van der Waals surface area contributed by atoms with E-state index in [2.05, 4.69) is 15.2 Å². The van der Waals surface area contributed by atoms with Gasteiger partial charge in [0.2, 0.25) is 5.89 Å². The minimum atomic E-state index is -0.349. The van der Waals surface area contributed by atoms with E-state index in [-0.39, 0.29) is 5.82 Å². The zero-order chi connectivity index (χ0) is 20.7. The van der Waals surface area contributed by atoms with Crippen molar-refractivity contribution in [3.63, 3.8) is 0 Å². The largest absolute Gasteiger partial charge is 0.436 e. The van der Waals surface area contributed by atoms with Gasteiger partial charge in [-0.2, -0.15) is 0 Å². The molecule has 146 valence electrons.